The van der Waals surface area contributed by atoms with Crippen molar-refractivity contribution in [3.8, 4) is 0 Å². The average molecular weight is 640 g/mol. The van der Waals surface area contributed by atoms with E-state index in [1.54, 1.807) is 0 Å². The van der Waals surface area contributed by atoms with Crippen LogP contribution in [0.4, 0.5) is 57.1 Å². The zero-order valence-electron chi connectivity index (χ0n) is 16.5. The Morgan fingerprint density at radius 1 is 0.688 bits per heavy atom. The molecule has 196 valence electrons. The molecule has 19 heteroatoms. The van der Waals surface area contributed by atoms with Crippen LogP contribution in [0.1, 0.15) is 6.42 Å². The summed E-state index contributed by atoms with van der Waals surface area (Å²) in [6, 6.07) is 0. The van der Waals surface area contributed by atoms with Crippen LogP contribution in [0, 0.1) is 0 Å². The van der Waals surface area contributed by atoms with E-state index in [4.69, 9.17) is 0 Å². The predicted octanol–water partition coefficient (Wildman–Crippen LogP) is 1.04. The van der Waals surface area contributed by atoms with Gasteiger partial charge in [-0.05, 0) is 0 Å². The van der Waals surface area contributed by atoms with Crippen molar-refractivity contribution in [1.82, 2.24) is 4.31 Å². The molecule has 4 nitrogen and oxygen atoms in total. The molecule has 0 saturated heterocycles. The van der Waals surface area contributed by atoms with Gasteiger partial charge in [-0.2, -0.15) is 61.4 Å². The zero-order chi connectivity index (χ0) is 25.7. The number of rotatable bonds is 10. The Morgan fingerprint density at radius 2 is 1.03 bits per heavy atom. The minimum atomic E-state index is -8.15. The van der Waals surface area contributed by atoms with Crippen LogP contribution in [0.5, 0.6) is 0 Å². The summed E-state index contributed by atoms with van der Waals surface area (Å²) in [5.41, 5.74) is 0. The van der Waals surface area contributed by atoms with E-state index >= 15 is 0 Å². The zero-order valence-corrected chi connectivity index (χ0v) is 19.5. The SMILES string of the molecule is CN(CCC[N+](C)(C)C)S(=O)(=O)C(F)(F)C(F)(F)C(F)(F)C(F)(F)C(F)(F)C(F)(F)F.[I-]. The summed E-state index contributed by atoms with van der Waals surface area (Å²) in [5, 5.41) is -7.19. The molecule has 0 rings (SSSR count). The van der Waals surface area contributed by atoms with Gasteiger partial charge in [-0.25, -0.2) is 8.42 Å². The first-order chi connectivity index (χ1) is 13.1. The summed E-state index contributed by atoms with van der Waals surface area (Å²) < 4.78 is 193. The number of quaternary nitrogens is 1. The fourth-order valence-electron chi connectivity index (χ4n) is 2.00. The van der Waals surface area contributed by atoms with E-state index in [9.17, 15) is 65.5 Å². The Labute approximate surface area is 191 Å². The maximum atomic E-state index is 13.9. The maximum Gasteiger partial charge on any atom is 0.460 e. The summed E-state index contributed by atoms with van der Waals surface area (Å²) in [5.74, 6) is -32.1. The van der Waals surface area contributed by atoms with Crippen molar-refractivity contribution in [3.63, 3.8) is 0 Å². The van der Waals surface area contributed by atoms with Crippen LogP contribution >= 0.6 is 0 Å². The third-order valence-electron chi connectivity index (χ3n) is 3.94. The van der Waals surface area contributed by atoms with Crippen LogP contribution in [0.25, 0.3) is 0 Å². The lowest BCUT2D eigenvalue weighted by Crippen LogP contribution is -3.00. The average Bonchev–Trinajstić information content (AvgIpc) is 2.51. The molecule has 0 aromatic carbocycles. The number of alkyl halides is 13. The third kappa shape index (κ3) is 5.49. The molecule has 0 aliphatic carbocycles. The van der Waals surface area contributed by atoms with Gasteiger partial charge in [-0.1, -0.05) is 0 Å². The van der Waals surface area contributed by atoms with Crippen molar-refractivity contribution in [3.05, 3.63) is 0 Å². The van der Waals surface area contributed by atoms with Crippen LogP contribution in [-0.2, 0) is 10.0 Å². The molecule has 32 heavy (non-hydrogen) atoms. The molecule has 0 bridgehead atoms. The van der Waals surface area contributed by atoms with Crippen molar-refractivity contribution < 1.29 is 94.0 Å². The molecule has 0 aromatic heterocycles. The number of halogens is 14. The van der Waals surface area contributed by atoms with Crippen molar-refractivity contribution in [2.24, 2.45) is 0 Å². The van der Waals surface area contributed by atoms with Crippen LogP contribution in [0.15, 0.2) is 0 Å². The summed E-state index contributed by atoms with van der Waals surface area (Å²) in [6.07, 6.45) is -7.90. The van der Waals surface area contributed by atoms with Crippen molar-refractivity contribution in [2.75, 3.05) is 41.3 Å². The van der Waals surface area contributed by atoms with Gasteiger partial charge in [0, 0.05) is 20.0 Å². The molecule has 0 spiro atoms. The Hall–Kier alpha value is -0.310. The normalized spacial score (nSPS) is 15.7. The lowest BCUT2D eigenvalue weighted by atomic mass is 9.98. The smallest absolute Gasteiger partial charge is 0.460 e. The first-order valence-corrected chi connectivity index (χ1v) is 9.29. The van der Waals surface area contributed by atoms with E-state index in [-0.39, 0.29) is 48.5 Å². The van der Waals surface area contributed by atoms with Gasteiger partial charge in [0.05, 0.1) is 27.7 Å². The molecular formula is C13H18F13IN2O2S. The summed E-state index contributed by atoms with van der Waals surface area (Å²) in [6.45, 7) is -1.00. The standard InChI is InChI=1S/C13H18F13N2O2S.HI/c1-27(6-5-7-28(2,3)4)31(29,30)13(25,26)11(20,21)9(16,17)8(14,15)10(18,19)12(22,23)24;/h5-7H2,1-4H3;1H/q+1;/p-1. The second-order valence-electron chi connectivity index (χ2n) is 7.51. The largest absolute Gasteiger partial charge is 1.00 e. The Bertz CT molecular complexity index is 748. The second kappa shape index (κ2) is 9.38. The molecule has 0 N–H and O–H groups in total. The summed E-state index contributed by atoms with van der Waals surface area (Å²) in [4.78, 5) is 0. The highest BCUT2D eigenvalue weighted by Crippen LogP contribution is 2.61. The summed E-state index contributed by atoms with van der Waals surface area (Å²) in [7, 11) is -2.17. The van der Waals surface area contributed by atoms with Crippen LogP contribution in [-0.4, -0.2) is 93.6 Å². The molecule has 0 saturated carbocycles. The van der Waals surface area contributed by atoms with Gasteiger partial charge in [-0.3, -0.25) is 0 Å². The molecule has 0 amide bonds. The molecule has 0 unspecified atom stereocenters. The number of nitrogens with zero attached hydrogens (tertiary/aromatic N) is 2. The van der Waals surface area contributed by atoms with E-state index < -0.39 is 56.0 Å². The highest BCUT2D eigenvalue weighted by atomic mass is 127. The minimum Gasteiger partial charge on any atom is -1.00 e. The Balaban J connectivity index is 0. The topological polar surface area (TPSA) is 37.4 Å². The lowest BCUT2D eigenvalue weighted by molar-refractivity contribution is -0.870. The van der Waals surface area contributed by atoms with E-state index in [2.05, 4.69) is 0 Å². The second-order valence-corrected chi connectivity index (χ2v) is 9.59. The first-order valence-electron chi connectivity index (χ1n) is 7.85. The van der Waals surface area contributed by atoms with E-state index in [1.807, 2.05) is 0 Å². The predicted molar refractivity (Wildman–Crippen MR) is 79.9 cm³/mol. The quantitative estimate of drug-likeness (QED) is 0.204. The molecule has 0 atom stereocenters. The molecule has 0 aromatic rings. The highest BCUT2D eigenvalue weighted by molar-refractivity contribution is 7.90. The Morgan fingerprint density at radius 3 is 1.34 bits per heavy atom. The van der Waals surface area contributed by atoms with Crippen LogP contribution in [0.3, 0.4) is 0 Å². The third-order valence-corrected chi connectivity index (χ3v) is 5.85. The van der Waals surface area contributed by atoms with Gasteiger partial charge < -0.3 is 28.5 Å². The van der Waals surface area contributed by atoms with E-state index in [0.29, 0.717) is 0 Å². The Kier molecular flexibility index (Phi) is 9.93. The van der Waals surface area contributed by atoms with E-state index in [1.165, 1.54) is 21.1 Å². The van der Waals surface area contributed by atoms with Gasteiger partial charge >= 0.3 is 35.1 Å². The van der Waals surface area contributed by atoms with Crippen molar-refractivity contribution >= 4 is 10.0 Å². The summed E-state index contributed by atoms with van der Waals surface area (Å²) >= 11 is 0. The van der Waals surface area contributed by atoms with Crippen molar-refractivity contribution in [1.29, 1.82) is 0 Å². The maximum absolute atomic E-state index is 13.9. The number of sulfonamides is 1. The minimum absolute atomic E-state index is 0. The fourth-order valence-corrected chi connectivity index (χ4v) is 3.21. The van der Waals surface area contributed by atoms with Crippen molar-refractivity contribution in [2.45, 2.75) is 41.5 Å². The van der Waals surface area contributed by atoms with Gasteiger partial charge in [0.2, 0.25) is 0 Å². The monoisotopic (exact) mass is 640 g/mol. The molecule has 0 aliphatic heterocycles. The molecule has 0 heterocycles. The number of hydrogen-bond acceptors (Lipinski definition) is 2. The lowest BCUT2D eigenvalue weighted by Gasteiger charge is -2.40. The van der Waals surface area contributed by atoms with Gasteiger partial charge in [0.1, 0.15) is 0 Å². The van der Waals surface area contributed by atoms with Crippen LogP contribution in [0.2, 0.25) is 0 Å². The highest BCUT2D eigenvalue weighted by Gasteiger charge is 2.92. The number of hydrogen-bond donors (Lipinski definition) is 0. The molecule has 0 fully saturated rings. The fraction of sp³-hybridized carbons (Fsp3) is 1.00. The molecular weight excluding hydrogens is 622 g/mol. The van der Waals surface area contributed by atoms with Gasteiger partial charge in [-0.15, -0.1) is 0 Å². The first kappa shape index (κ1) is 33.9. The molecule has 0 radical (unpaired) electrons. The van der Waals surface area contributed by atoms with Gasteiger partial charge in [0.25, 0.3) is 10.0 Å². The van der Waals surface area contributed by atoms with Crippen LogP contribution < -0.4 is 24.0 Å². The van der Waals surface area contributed by atoms with Gasteiger partial charge in [0.15, 0.2) is 0 Å². The van der Waals surface area contributed by atoms with E-state index in [0.717, 1.165) is 0 Å². The molecule has 0 aliphatic rings.